The first-order valence-electron chi connectivity index (χ1n) is 11.7. The summed E-state index contributed by atoms with van der Waals surface area (Å²) in [7, 11) is 1.57. The zero-order valence-electron chi connectivity index (χ0n) is 20.6. The molecule has 0 aromatic heterocycles. The lowest BCUT2D eigenvalue weighted by molar-refractivity contribution is -0.140. The van der Waals surface area contributed by atoms with Crippen molar-refractivity contribution in [2.24, 2.45) is 0 Å². The van der Waals surface area contributed by atoms with Gasteiger partial charge in [0.1, 0.15) is 17.3 Å². The van der Waals surface area contributed by atoms with Gasteiger partial charge < -0.3 is 24.4 Å². The molecule has 0 saturated carbocycles. The van der Waals surface area contributed by atoms with E-state index in [-0.39, 0.29) is 17.4 Å². The second kappa shape index (κ2) is 11.2. The maximum Gasteiger partial charge on any atom is 0.295 e. The van der Waals surface area contributed by atoms with Crippen LogP contribution in [0.25, 0.3) is 5.76 Å². The Morgan fingerprint density at radius 2 is 1.74 bits per heavy atom. The molecule has 3 rings (SSSR count). The highest BCUT2D eigenvalue weighted by molar-refractivity contribution is 6.46. The molecule has 0 aliphatic carbocycles. The fourth-order valence-corrected chi connectivity index (χ4v) is 4.18. The molecular formula is C27H34N2O5. The summed E-state index contributed by atoms with van der Waals surface area (Å²) in [6.45, 7) is 10.7. The molecule has 34 heavy (non-hydrogen) atoms. The molecule has 1 amide bonds. The molecule has 1 atom stereocenters. The SMILES string of the molecule is CCN(CC)CCN1C(=O)C(=O)C(=C(O)c2ccc(OC(C)C)cc2)[C@H]1c1cccc(OC)c1. The molecule has 0 spiro atoms. The Bertz CT molecular complexity index is 1040. The van der Waals surface area contributed by atoms with Crippen LogP contribution in [0, 0.1) is 0 Å². The fraction of sp³-hybridized carbons (Fsp3) is 0.407. The number of likely N-dealkylation sites (N-methyl/N-ethyl adjacent to an activating group) is 1. The monoisotopic (exact) mass is 466 g/mol. The molecule has 0 unspecified atom stereocenters. The summed E-state index contributed by atoms with van der Waals surface area (Å²) in [4.78, 5) is 30.0. The van der Waals surface area contributed by atoms with Crippen molar-refractivity contribution in [1.82, 2.24) is 9.80 Å². The largest absolute Gasteiger partial charge is 0.507 e. The first-order valence-corrected chi connectivity index (χ1v) is 11.7. The molecule has 0 bridgehead atoms. The van der Waals surface area contributed by atoms with Crippen LogP contribution in [0.3, 0.4) is 0 Å². The van der Waals surface area contributed by atoms with Crippen molar-refractivity contribution in [2.75, 3.05) is 33.3 Å². The first kappa shape index (κ1) is 25.3. The number of nitrogens with zero attached hydrogens (tertiary/aromatic N) is 2. The molecule has 2 aromatic rings. The van der Waals surface area contributed by atoms with Gasteiger partial charge in [0.25, 0.3) is 11.7 Å². The van der Waals surface area contributed by atoms with Gasteiger partial charge in [-0.2, -0.15) is 0 Å². The highest BCUT2D eigenvalue weighted by Gasteiger charge is 2.46. The number of carbonyl (C=O) groups is 2. The van der Waals surface area contributed by atoms with Gasteiger partial charge >= 0.3 is 0 Å². The van der Waals surface area contributed by atoms with Crippen molar-refractivity contribution in [1.29, 1.82) is 0 Å². The number of benzene rings is 2. The summed E-state index contributed by atoms with van der Waals surface area (Å²) in [6.07, 6.45) is 0.0173. The molecular weight excluding hydrogens is 432 g/mol. The van der Waals surface area contributed by atoms with Gasteiger partial charge in [-0.05, 0) is 68.9 Å². The molecule has 1 heterocycles. The van der Waals surface area contributed by atoms with Gasteiger partial charge in [-0.3, -0.25) is 9.59 Å². The minimum absolute atomic E-state index is 0.0173. The number of aliphatic hydroxyl groups excluding tert-OH is 1. The van der Waals surface area contributed by atoms with E-state index < -0.39 is 17.7 Å². The van der Waals surface area contributed by atoms with E-state index in [9.17, 15) is 14.7 Å². The number of Topliss-reactive ketones (excluding diaryl/α,β-unsaturated/α-hetero) is 1. The third-order valence-corrected chi connectivity index (χ3v) is 6.00. The van der Waals surface area contributed by atoms with Gasteiger partial charge in [-0.15, -0.1) is 0 Å². The number of amides is 1. The Labute approximate surface area is 201 Å². The van der Waals surface area contributed by atoms with E-state index in [1.165, 1.54) is 0 Å². The maximum atomic E-state index is 13.2. The van der Waals surface area contributed by atoms with Crippen molar-refractivity contribution in [2.45, 2.75) is 39.8 Å². The zero-order valence-corrected chi connectivity index (χ0v) is 20.6. The molecule has 7 heteroatoms. The smallest absolute Gasteiger partial charge is 0.295 e. The lowest BCUT2D eigenvalue weighted by Crippen LogP contribution is -2.38. The molecule has 182 valence electrons. The molecule has 1 N–H and O–H groups in total. The summed E-state index contributed by atoms with van der Waals surface area (Å²) in [5.74, 6) is -0.223. The van der Waals surface area contributed by atoms with Gasteiger partial charge in [0.2, 0.25) is 0 Å². The lowest BCUT2D eigenvalue weighted by atomic mass is 9.95. The van der Waals surface area contributed by atoms with E-state index in [0.29, 0.717) is 35.7 Å². The number of hydrogen-bond donors (Lipinski definition) is 1. The molecule has 0 radical (unpaired) electrons. The predicted molar refractivity (Wildman–Crippen MR) is 132 cm³/mol. The maximum absolute atomic E-state index is 13.2. The third kappa shape index (κ3) is 5.42. The van der Waals surface area contributed by atoms with Gasteiger partial charge in [0.15, 0.2) is 0 Å². The van der Waals surface area contributed by atoms with Gasteiger partial charge in [0.05, 0.1) is 24.8 Å². The highest BCUT2D eigenvalue weighted by atomic mass is 16.5. The second-order valence-electron chi connectivity index (χ2n) is 8.49. The Balaban J connectivity index is 2.07. The number of aliphatic hydroxyl groups is 1. The van der Waals surface area contributed by atoms with Crippen LogP contribution in [0.2, 0.25) is 0 Å². The normalized spacial score (nSPS) is 17.6. The van der Waals surface area contributed by atoms with Crippen LogP contribution in [0.4, 0.5) is 0 Å². The Hall–Kier alpha value is -3.32. The topological polar surface area (TPSA) is 79.3 Å². The summed E-state index contributed by atoms with van der Waals surface area (Å²) >= 11 is 0. The van der Waals surface area contributed by atoms with E-state index in [1.54, 1.807) is 48.4 Å². The second-order valence-corrected chi connectivity index (χ2v) is 8.49. The Morgan fingerprint density at radius 1 is 1.06 bits per heavy atom. The number of carbonyl (C=O) groups excluding carboxylic acids is 2. The minimum atomic E-state index is -0.711. The Kier molecular flexibility index (Phi) is 8.34. The Morgan fingerprint density at radius 3 is 2.32 bits per heavy atom. The quantitative estimate of drug-likeness (QED) is 0.320. The van der Waals surface area contributed by atoms with Crippen molar-refractivity contribution in [3.63, 3.8) is 0 Å². The number of rotatable bonds is 10. The van der Waals surface area contributed by atoms with Crippen LogP contribution in [0.15, 0.2) is 54.1 Å². The summed E-state index contributed by atoms with van der Waals surface area (Å²) < 4.78 is 11.0. The number of hydrogen-bond acceptors (Lipinski definition) is 6. The van der Waals surface area contributed by atoms with Crippen LogP contribution in [0.1, 0.15) is 44.9 Å². The molecule has 1 aliphatic rings. The van der Waals surface area contributed by atoms with Crippen LogP contribution in [0.5, 0.6) is 11.5 Å². The molecule has 1 aliphatic heterocycles. The van der Waals surface area contributed by atoms with E-state index >= 15 is 0 Å². The number of ketones is 1. The highest BCUT2D eigenvalue weighted by Crippen LogP contribution is 2.40. The zero-order chi connectivity index (χ0) is 24.8. The predicted octanol–water partition coefficient (Wildman–Crippen LogP) is 4.25. The van der Waals surface area contributed by atoms with Gasteiger partial charge in [-0.25, -0.2) is 0 Å². The van der Waals surface area contributed by atoms with E-state index in [2.05, 4.69) is 18.7 Å². The first-order chi connectivity index (χ1) is 16.3. The molecule has 1 saturated heterocycles. The van der Waals surface area contributed by atoms with Crippen molar-refractivity contribution in [3.05, 3.63) is 65.2 Å². The number of methoxy groups -OCH3 is 1. The number of ether oxygens (including phenoxy) is 2. The molecule has 2 aromatic carbocycles. The summed E-state index contributed by atoms with van der Waals surface area (Å²) in [5, 5.41) is 11.2. The van der Waals surface area contributed by atoms with E-state index in [4.69, 9.17) is 9.47 Å². The van der Waals surface area contributed by atoms with Crippen LogP contribution < -0.4 is 9.47 Å². The van der Waals surface area contributed by atoms with Crippen molar-refractivity contribution < 1.29 is 24.2 Å². The standard InChI is InChI=1S/C27H34N2O5/c1-6-28(7-2)15-16-29-24(20-9-8-10-22(17-20)33-5)23(26(31)27(29)32)25(30)19-11-13-21(14-12-19)34-18(3)4/h8-14,17-18,24,30H,6-7,15-16H2,1-5H3/t24-/m1/s1. The third-order valence-electron chi connectivity index (χ3n) is 6.00. The van der Waals surface area contributed by atoms with Crippen LogP contribution in [-0.4, -0.2) is 66.0 Å². The van der Waals surface area contributed by atoms with E-state index in [0.717, 1.165) is 13.1 Å². The average molecular weight is 467 g/mol. The minimum Gasteiger partial charge on any atom is -0.507 e. The van der Waals surface area contributed by atoms with Gasteiger partial charge in [-0.1, -0.05) is 26.0 Å². The van der Waals surface area contributed by atoms with Crippen molar-refractivity contribution in [3.8, 4) is 11.5 Å². The molecule has 7 nitrogen and oxygen atoms in total. The fourth-order valence-electron chi connectivity index (χ4n) is 4.18. The van der Waals surface area contributed by atoms with Gasteiger partial charge in [0, 0.05) is 18.7 Å². The van der Waals surface area contributed by atoms with E-state index in [1.807, 2.05) is 26.0 Å². The van der Waals surface area contributed by atoms with Crippen molar-refractivity contribution >= 4 is 17.4 Å². The van der Waals surface area contributed by atoms with Crippen LogP contribution >= 0.6 is 0 Å². The number of likely N-dealkylation sites (tertiary alicyclic amines) is 1. The molecule has 1 fully saturated rings. The lowest BCUT2D eigenvalue weighted by Gasteiger charge is -2.28. The summed E-state index contributed by atoms with van der Waals surface area (Å²) in [5.41, 5.74) is 1.24. The average Bonchev–Trinajstić information content (AvgIpc) is 3.09. The summed E-state index contributed by atoms with van der Waals surface area (Å²) in [6, 6.07) is 13.4. The van der Waals surface area contributed by atoms with Crippen LogP contribution in [-0.2, 0) is 9.59 Å².